The molecular formula is C16H14N4OS. The summed E-state index contributed by atoms with van der Waals surface area (Å²) in [5.74, 6) is 0.0233. The van der Waals surface area contributed by atoms with Crippen LogP contribution in [0.5, 0.6) is 0 Å². The lowest BCUT2D eigenvalue weighted by Gasteiger charge is -2.16. The van der Waals surface area contributed by atoms with Gasteiger partial charge in [0.05, 0.1) is 23.7 Å². The monoisotopic (exact) mass is 310 g/mol. The number of nitriles is 1. The number of likely N-dealkylation sites (N-methyl/N-ethyl adjacent to an activating group) is 1. The van der Waals surface area contributed by atoms with E-state index in [0.717, 1.165) is 16.2 Å². The van der Waals surface area contributed by atoms with Gasteiger partial charge in [-0.05, 0) is 17.7 Å². The summed E-state index contributed by atoms with van der Waals surface area (Å²) in [6, 6.07) is 9.34. The highest BCUT2D eigenvalue weighted by molar-refractivity contribution is 7.15. The van der Waals surface area contributed by atoms with Crippen LogP contribution in [0, 0.1) is 11.3 Å². The Morgan fingerprint density at radius 2 is 2.18 bits per heavy atom. The van der Waals surface area contributed by atoms with E-state index in [9.17, 15) is 4.79 Å². The summed E-state index contributed by atoms with van der Waals surface area (Å²) < 4.78 is 1.92. The molecule has 0 bridgehead atoms. The van der Waals surface area contributed by atoms with Gasteiger partial charge < -0.3 is 4.90 Å². The number of carbonyl (C=O) groups excluding carboxylic acids is 1. The van der Waals surface area contributed by atoms with Crippen molar-refractivity contribution in [2.24, 2.45) is 0 Å². The van der Waals surface area contributed by atoms with E-state index in [-0.39, 0.29) is 5.91 Å². The van der Waals surface area contributed by atoms with E-state index in [2.05, 4.69) is 11.1 Å². The lowest BCUT2D eigenvalue weighted by molar-refractivity contribution is -0.129. The van der Waals surface area contributed by atoms with Crippen molar-refractivity contribution in [1.29, 1.82) is 5.26 Å². The summed E-state index contributed by atoms with van der Waals surface area (Å²) in [4.78, 5) is 19.3. The van der Waals surface area contributed by atoms with Crippen molar-refractivity contribution in [2.45, 2.75) is 13.0 Å². The van der Waals surface area contributed by atoms with Crippen LogP contribution >= 0.6 is 11.3 Å². The van der Waals surface area contributed by atoms with Crippen LogP contribution in [0.15, 0.2) is 42.0 Å². The van der Waals surface area contributed by atoms with Crippen molar-refractivity contribution < 1.29 is 4.79 Å². The number of benzene rings is 1. The fourth-order valence-electron chi connectivity index (χ4n) is 2.20. The maximum absolute atomic E-state index is 12.3. The highest BCUT2D eigenvalue weighted by Gasteiger charge is 2.13. The molecule has 0 aliphatic heterocycles. The van der Waals surface area contributed by atoms with Gasteiger partial charge in [-0.3, -0.25) is 9.20 Å². The van der Waals surface area contributed by atoms with Crippen LogP contribution in [0.4, 0.5) is 0 Å². The topological polar surface area (TPSA) is 61.4 Å². The third kappa shape index (κ3) is 3.00. The smallest absolute Gasteiger partial charge is 0.228 e. The summed E-state index contributed by atoms with van der Waals surface area (Å²) in [7, 11) is 1.78. The Hall–Kier alpha value is -2.65. The second-order valence-corrected chi connectivity index (χ2v) is 5.93. The molecule has 0 unspecified atom stereocenters. The first-order chi connectivity index (χ1) is 10.7. The van der Waals surface area contributed by atoms with Gasteiger partial charge in [-0.2, -0.15) is 5.26 Å². The molecule has 110 valence electrons. The van der Waals surface area contributed by atoms with Crippen LogP contribution < -0.4 is 0 Å². The van der Waals surface area contributed by atoms with E-state index >= 15 is 0 Å². The molecule has 3 aromatic rings. The fraction of sp³-hybridized carbons (Fsp3) is 0.188. The number of hydrogen-bond donors (Lipinski definition) is 0. The molecule has 0 saturated carbocycles. The van der Waals surface area contributed by atoms with Crippen molar-refractivity contribution in [3.63, 3.8) is 0 Å². The van der Waals surface area contributed by atoms with Crippen molar-refractivity contribution in [2.75, 3.05) is 7.05 Å². The van der Waals surface area contributed by atoms with E-state index in [1.54, 1.807) is 35.4 Å². The van der Waals surface area contributed by atoms with Gasteiger partial charge in [0.2, 0.25) is 5.91 Å². The van der Waals surface area contributed by atoms with Gasteiger partial charge in [-0.15, -0.1) is 11.3 Å². The minimum atomic E-state index is 0.0233. The zero-order chi connectivity index (χ0) is 15.5. The summed E-state index contributed by atoms with van der Waals surface area (Å²) in [6.45, 7) is 0.521. The molecule has 5 nitrogen and oxygen atoms in total. The van der Waals surface area contributed by atoms with Crippen LogP contribution in [0.2, 0.25) is 0 Å². The van der Waals surface area contributed by atoms with Gasteiger partial charge in [0.1, 0.15) is 0 Å². The molecule has 3 rings (SSSR count). The van der Waals surface area contributed by atoms with Crippen LogP contribution in [0.1, 0.15) is 16.8 Å². The standard InChI is InChI=1S/C16H14N4OS/c1-19(10-13-4-2-12(9-17)3-5-13)15(21)8-14-11-20-6-7-22-16(20)18-14/h2-7,11H,8,10H2,1H3. The number of carbonyl (C=O) groups is 1. The number of imidazole rings is 1. The number of thiazole rings is 1. The Morgan fingerprint density at radius 3 is 2.86 bits per heavy atom. The number of fused-ring (bicyclic) bond motifs is 1. The third-order valence-corrected chi connectivity index (χ3v) is 4.17. The molecular weight excluding hydrogens is 296 g/mol. The Morgan fingerprint density at radius 1 is 1.41 bits per heavy atom. The first-order valence-corrected chi connectivity index (χ1v) is 7.68. The molecule has 2 aromatic heterocycles. The maximum Gasteiger partial charge on any atom is 0.228 e. The average Bonchev–Trinajstić information content (AvgIpc) is 3.09. The minimum Gasteiger partial charge on any atom is -0.341 e. The van der Waals surface area contributed by atoms with Gasteiger partial charge in [0.25, 0.3) is 0 Å². The number of amides is 1. The molecule has 0 spiro atoms. The molecule has 0 atom stereocenters. The zero-order valence-electron chi connectivity index (χ0n) is 12.1. The second-order valence-electron chi connectivity index (χ2n) is 5.06. The van der Waals surface area contributed by atoms with Gasteiger partial charge in [0.15, 0.2) is 4.96 Å². The van der Waals surface area contributed by atoms with Crippen molar-refractivity contribution in [3.8, 4) is 6.07 Å². The van der Waals surface area contributed by atoms with Crippen LogP contribution in [-0.2, 0) is 17.8 Å². The first kappa shape index (κ1) is 14.3. The van der Waals surface area contributed by atoms with E-state index in [1.807, 2.05) is 34.3 Å². The fourth-order valence-corrected chi connectivity index (χ4v) is 2.92. The third-order valence-electron chi connectivity index (χ3n) is 3.40. The summed E-state index contributed by atoms with van der Waals surface area (Å²) in [5.41, 5.74) is 2.40. The highest BCUT2D eigenvalue weighted by atomic mass is 32.1. The first-order valence-electron chi connectivity index (χ1n) is 6.80. The molecule has 1 amide bonds. The summed E-state index contributed by atoms with van der Waals surface area (Å²) >= 11 is 1.55. The Balaban J connectivity index is 1.63. The van der Waals surface area contributed by atoms with Crippen LogP contribution in [0.3, 0.4) is 0 Å². The molecule has 1 aromatic carbocycles. The van der Waals surface area contributed by atoms with Gasteiger partial charge in [0, 0.05) is 31.4 Å². The predicted molar refractivity (Wildman–Crippen MR) is 84.4 cm³/mol. The molecule has 0 radical (unpaired) electrons. The maximum atomic E-state index is 12.3. The quantitative estimate of drug-likeness (QED) is 0.743. The van der Waals surface area contributed by atoms with Crippen molar-refractivity contribution >= 4 is 22.2 Å². The van der Waals surface area contributed by atoms with E-state index in [4.69, 9.17) is 5.26 Å². The van der Waals surface area contributed by atoms with Crippen molar-refractivity contribution in [3.05, 3.63) is 58.9 Å². The Bertz CT molecular complexity index is 813. The molecule has 2 heterocycles. The molecule has 0 N–H and O–H groups in total. The van der Waals surface area contributed by atoms with Crippen LogP contribution in [-0.4, -0.2) is 27.2 Å². The Kier molecular flexibility index (Phi) is 3.90. The molecule has 0 saturated heterocycles. The van der Waals surface area contributed by atoms with Gasteiger partial charge in [-0.25, -0.2) is 4.98 Å². The normalized spacial score (nSPS) is 10.5. The number of rotatable bonds is 4. The van der Waals surface area contributed by atoms with Crippen LogP contribution in [0.25, 0.3) is 4.96 Å². The average molecular weight is 310 g/mol. The number of hydrogen-bond acceptors (Lipinski definition) is 4. The van der Waals surface area contributed by atoms with Crippen molar-refractivity contribution in [1.82, 2.24) is 14.3 Å². The number of nitrogens with zero attached hydrogens (tertiary/aromatic N) is 4. The molecule has 0 aliphatic carbocycles. The molecule has 22 heavy (non-hydrogen) atoms. The lowest BCUT2D eigenvalue weighted by Crippen LogP contribution is -2.27. The molecule has 0 aliphatic rings. The SMILES string of the molecule is CN(Cc1ccc(C#N)cc1)C(=O)Cc1cn2ccsc2n1. The summed E-state index contributed by atoms with van der Waals surface area (Å²) in [5, 5.41) is 10.7. The molecule has 6 heteroatoms. The Labute approximate surface area is 132 Å². The second kappa shape index (κ2) is 6.00. The summed E-state index contributed by atoms with van der Waals surface area (Å²) in [6.07, 6.45) is 4.11. The van der Waals surface area contributed by atoms with E-state index in [0.29, 0.717) is 18.5 Å². The van der Waals surface area contributed by atoms with Gasteiger partial charge >= 0.3 is 0 Å². The number of aromatic nitrogens is 2. The zero-order valence-corrected chi connectivity index (χ0v) is 12.9. The molecule has 0 fully saturated rings. The van der Waals surface area contributed by atoms with E-state index < -0.39 is 0 Å². The largest absolute Gasteiger partial charge is 0.341 e. The predicted octanol–water partition coefficient (Wildman–Crippen LogP) is 2.47. The minimum absolute atomic E-state index is 0.0233. The van der Waals surface area contributed by atoms with E-state index in [1.165, 1.54) is 0 Å². The lowest BCUT2D eigenvalue weighted by atomic mass is 10.1. The van der Waals surface area contributed by atoms with Gasteiger partial charge in [-0.1, -0.05) is 12.1 Å². The highest BCUT2D eigenvalue weighted by Crippen LogP contribution is 2.13.